The molecule has 0 aliphatic heterocycles. The van der Waals surface area contributed by atoms with Crippen molar-refractivity contribution in [3.8, 4) is 11.5 Å². The molecular weight excluding hydrogens is 366 g/mol. The molecule has 0 unspecified atom stereocenters. The van der Waals surface area contributed by atoms with Crippen LogP contribution in [0, 0.1) is 0 Å². The predicted molar refractivity (Wildman–Crippen MR) is 118 cm³/mol. The van der Waals surface area contributed by atoms with Crippen LogP contribution >= 0.6 is 0 Å². The van der Waals surface area contributed by atoms with Crippen molar-refractivity contribution in [1.29, 1.82) is 0 Å². The number of nitrogens with zero attached hydrogens (tertiary/aromatic N) is 1. The second-order valence-corrected chi connectivity index (χ2v) is 6.48. The Morgan fingerprint density at radius 2 is 1.69 bits per heavy atom. The van der Waals surface area contributed by atoms with E-state index in [4.69, 9.17) is 19.2 Å². The van der Waals surface area contributed by atoms with E-state index in [-0.39, 0.29) is 0 Å². The summed E-state index contributed by atoms with van der Waals surface area (Å²) in [4.78, 5) is 4.72. The predicted octanol–water partition coefficient (Wildman–Crippen LogP) is 3.41. The molecule has 0 saturated heterocycles. The second kappa shape index (κ2) is 13.4. The minimum absolute atomic E-state index is 0.597. The summed E-state index contributed by atoms with van der Waals surface area (Å²) in [6.07, 6.45) is 1.79. The van der Waals surface area contributed by atoms with E-state index in [0.717, 1.165) is 62.2 Å². The largest absolute Gasteiger partial charge is 0.497 e. The standard InChI is InChI=1S/C23H33N3O3/c1-4-29-17-7-15-24-23(26-18-19-10-12-21(27-2)13-11-19)25-16-14-20-8-5-6-9-22(20)28-3/h5-6,8-13H,4,7,14-18H2,1-3H3,(H2,24,25,26). The molecule has 0 amide bonds. The van der Waals surface area contributed by atoms with Crippen LogP contribution in [0.2, 0.25) is 0 Å². The van der Waals surface area contributed by atoms with E-state index in [0.29, 0.717) is 6.54 Å². The summed E-state index contributed by atoms with van der Waals surface area (Å²) in [6.45, 7) is 5.67. The summed E-state index contributed by atoms with van der Waals surface area (Å²) in [5.41, 5.74) is 2.30. The molecule has 0 bridgehead atoms. The number of rotatable bonds is 12. The molecule has 0 aromatic heterocycles. The van der Waals surface area contributed by atoms with Gasteiger partial charge in [-0.2, -0.15) is 0 Å². The van der Waals surface area contributed by atoms with Crippen LogP contribution < -0.4 is 20.1 Å². The molecule has 2 N–H and O–H groups in total. The average molecular weight is 400 g/mol. The highest BCUT2D eigenvalue weighted by Gasteiger charge is 2.03. The number of guanidine groups is 1. The Bertz CT molecular complexity index is 732. The van der Waals surface area contributed by atoms with Gasteiger partial charge in [-0.25, -0.2) is 4.99 Å². The molecule has 6 heteroatoms. The van der Waals surface area contributed by atoms with Gasteiger partial charge in [-0.3, -0.25) is 0 Å². The molecule has 6 nitrogen and oxygen atoms in total. The van der Waals surface area contributed by atoms with E-state index in [1.807, 2.05) is 49.4 Å². The molecule has 0 spiro atoms. The third-order valence-corrected chi connectivity index (χ3v) is 4.42. The van der Waals surface area contributed by atoms with Crippen LogP contribution in [-0.4, -0.2) is 46.5 Å². The minimum Gasteiger partial charge on any atom is -0.497 e. The fourth-order valence-electron chi connectivity index (χ4n) is 2.83. The lowest BCUT2D eigenvalue weighted by Crippen LogP contribution is -2.39. The van der Waals surface area contributed by atoms with Crippen LogP contribution in [0.4, 0.5) is 0 Å². The van der Waals surface area contributed by atoms with Gasteiger partial charge in [0.05, 0.1) is 20.8 Å². The van der Waals surface area contributed by atoms with Crippen molar-refractivity contribution in [2.24, 2.45) is 4.99 Å². The molecule has 0 aliphatic rings. The van der Waals surface area contributed by atoms with Gasteiger partial charge in [0.1, 0.15) is 11.5 Å². The number of ether oxygens (including phenoxy) is 3. The maximum Gasteiger partial charge on any atom is 0.191 e. The van der Waals surface area contributed by atoms with Crippen LogP contribution in [-0.2, 0) is 17.7 Å². The number of para-hydroxylation sites is 1. The highest BCUT2D eigenvalue weighted by Crippen LogP contribution is 2.17. The fraction of sp³-hybridized carbons (Fsp3) is 0.435. The first kappa shape index (κ1) is 22.6. The molecule has 2 aromatic carbocycles. The van der Waals surface area contributed by atoms with Gasteiger partial charge in [0.15, 0.2) is 5.96 Å². The Labute approximate surface area is 174 Å². The first-order chi connectivity index (χ1) is 14.3. The van der Waals surface area contributed by atoms with E-state index in [1.165, 1.54) is 5.56 Å². The van der Waals surface area contributed by atoms with Gasteiger partial charge in [-0.1, -0.05) is 30.3 Å². The molecule has 29 heavy (non-hydrogen) atoms. The highest BCUT2D eigenvalue weighted by molar-refractivity contribution is 5.79. The van der Waals surface area contributed by atoms with Crippen molar-refractivity contribution >= 4 is 5.96 Å². The van der Waals surface area contributed by atoms with Gasteiger partial charge in [-0.15, -0.1) is 0 Å². The van der Waals surface area contributed by atoms with Gasteiger partial charge in [0.25, 0.3) is 0 Å². The number of aliphatic imine (C=N–C) groups is 1. The summed E-state index contributed by atoms with van der Waals surface area (Å²) in [5.74, 6) is 2.56. The Hall–Kier alpha value is -2.73. The SMILES string of the molecule is CCOCCCNC(=NCc1ccc(OC)cc1)NCCc1ccccc1OC. The summed E-state index contributed by atoms with van der Waals surface area (Å²) in [7, 11) is 3.37. The molecule has 0 radical (unpaired) electrons. The zero-order valence-electron chi connectivity index (χ0n) is 17.7. The summed E-state index contributed by atoms with van der Waals surface area (Å²) < 4.78 is 16.0. The third kappa shape index (κ3) is 8.44. The van der Waals surface area contributed by atoms with Crippen LogP contribution in [0.1, 0.15) is 24.5 Å². The smallest absolute Gasteiger partial charge is 0.191 e. The van der Waals surface area contributed by atoms with E-state index >= 15 is 0 Å². The molecule has 0 saturated carbocycles. The summed E-state index contributed by atoms with van der Waals surface area (Å²) in [6, 6.07) is 16.1. The van der Waals surface area contributed by atoms with Gasteiger partial charge < -0.3 is 24.8 Å². The van der Waals surface area contributed by atoms with Crippen LogP contribution in [0.25, 0.3) is 0 Å². The number of hydrogen-bond donors (Lipinski definition) is 2. The van der Waals surface area contributed by atoms with E-state index < -0.39 is 0 Å². The maximum absolute atomic E-state index is 5.43. The van der Waals surface area contributed by atoms with Crippen molar-refractivity contribution in [1.82, 2.24) is 10.6 Å². The quantitative estimate of drug-likeness (QED) is 0.325. The maximum atomic E-state index is 5.43. The first-order valence-corrected chi connectivity index (χ1v) is 10.1. The molecule has 0 atom stereocenters. The lowest BCUT2D eigenvalue weighted by molar-refractivity contribution is 0.145. The normalized spacial score (nSPS) is 11.2. The van der Waals surface area contributed by atoms with E-state index in [2.05, 4.69) is 16.7 Å². The number of nitrogens with one attached hydrogen (secondary N) is 2. The number of hydrogen-bond acceptors (Lipinski definition) is 4. The Kier molecular flexibility index (Phi) is 10.5. The Balaban J connectivity index is 1.91. The Morgan fingerprint density at radius 3 is 2.41 bits per heavy atom. The molecule has 2 aromatic rings. The minimum atomic E-state index is 0.597. The van der Waals surface area contributed by atoms with Crippen LogP contribution in [0.15, 0.2) is 53.5 Å². The lowest BCUT2D eigenvalue weighted by atomic mass is 10.1. The molecule has 0 heterocycles. The van der Waals surface area contributed by atoms with Gasteiger partial charge >= 0.3 is 0 Å². The Morgan fingerprint density at radius 1 is 0.931 bits per heavy atom. The average Bonchev–Trinajstić information content (AvgIpc) is 2.77. The van der Waals surface area contributed by atoms with Crippen molar-refractivity contribution < 1.29 is 14.2 Å². The topological polar surface area (TPSA) is 64.1 Å². The third-order valence-electron chi connectivity index (χ3n) is 4.42. The zero-order chi connectivity index (χ0) is 20.7. The van der Waals surface area contributed by atoms with Crippen molar-refractivity contribution in [3.05, 3.63) is 59.7 Å². The van der Waals surface area contributed by atoms with Crippen molar-refractivity contribution in [2.75, 3.05) is 40.5 Å². The number of benzene rings is 2. The van der Waals surface area contributed by atoms with E-state index in [9.17, 15) is 0 Å². The van der Waals surface area contributed by atoms with E-state index in [1.54, 1.807) is 14.2 Å². The molecule has 0 aliphatic carbocycles. The van der Waals surface area contributed by atoms with Crippen molar-refractivity contribution in [2.45, 2.75) is 26.3 Å². The molecular formula is C23H33N3O3. The first-order valence-electron chi connectivity index (χ1n) is 10.1. The number of methoxy groups -OCH3 is 2. The molecule has 2 rings (SSSR count). The van der Waals surface area contributed by atoms with Crippen LogP contribution in [0.5, 0.6) is 11.5 Å². The molecule has 158 valence electrons. The van der Waals surface area contributed by atoms with Crippen molar-refractivity contribution in [3.63, 3.8) is 0 Å². The van der Waals surface area contributed by atoms with Gasteiger partial charge in [0, 0.05) is 26.3 Å². The summed E-state index contributed by atoms with van der Waals surface area (Å²) >= 11 is 0. The monoisotopic (exact) mass is 399 g/mol. The second-order valence-electron chi connectivity index (χ2n) is 6.48. The van der Waals surface area contributed by atoms with Gasteiger partial charge in [0.2, 0.25) is 0 Å². The fourth-order valence-corrected chi connectivity index (χ4v) is 2.83. The summed E-state index contributed by atoms with van der Waals surface area (Å²) in [5, 5.41) is 6.81. The highest BCUT2D eigenvalue weighted by atomic mass is 16.5. The van der Waals surface area contributed by atoms with Crippen LogP contribution in [0.3, 0.4) is 0 Å². The van der Waals surface area contributed by atoms with Gasteiger partial charge in [-0.05, 0) is 49.1 Å². The molecule has 0 fully saturated rings. The zero-order valence-corrected chi connectivity index (χ0v) is 17.7. The lowest BCUT2D eigenvalue weighted by Gasteiger charge is -2.14.